The molecule has 28 heavy (non-hydrogen) atoms. The Bertz CT molecular complexity index is 1070. The molecule has 0 saturated carbocycles. The first-order valence-corrected chi connectivity index (χ1v) is 9.75. The van der Waals surface area contributed by atoms with Crippen molar-refractivity contribution in [3.63, 3.8) is 0 Å². The van der Waals surface area contributed by atoms with Gasteiger partial charge in [0, 0.05) is 11.1 Å². The Hall–Kier alpha value is -1.28. The number of aromatic nitrogens is 4. The van der Waals surface area contributed by atoms with Crippen LogP contribution in [0.1, 0.15) is 11.8 Å². The molecule has 4 rings (SSSR count). The van der Waals surface area contributed by atoms with Gasteiger partial charge in [-0.05, 0) is 22.9 Å². The topological polar surface area (TPSA) is 77.8 Å². The minimum Gasteiger partial charge on any atom is -0.416 e. The number of halogens is 6. The summed E-state index contributed by atoms with van der Waals surface area (Å²) in [5, 5.41) is 17.0. The lowest BCUT2D eigenvalue weighted by atomic mass is 9.99. The third-order valence-corrected chi connectivity index (χ3v) is 4.69. The summed E-state index contributed by atoms with van der Waals surface area (Å²) in [7, 11) is 0. The largest absolute Gasteiger partial charge is 0.416 e. The van der Waals surface area contributed by atoms with Gasteiger partial charge in [0.2, 0.25) is 11.8 Å². The number of hydrogen-bond donors (Lipinski definition) is 0. The number of benzene rings is 2. The first-order valence-electron chi connectivity index (χ1n) is 7.48. The maximum Gasteiger partial charge on any atom is 0.268 e. The van der Waals surface area contributed by atoms with Crippen LogP contribution in [0.5, 0.6) is 0 Å². The highest BCUT2D eigenvalue weighted by molar-refractivity contribution is 6.66. The molecule has 0 spiro atoms. The molecule has 4 aromatic rings. The molecule has 0 amide bonds. The molecular formula is C16H6Cl6N4O2. The van der Waals surface area contributed by atoms with Crippen molar-refractivity contribution in [1.29, 1.82) is 0 Å². The Morgan fingerprint density at radius 3 is 1.29 bits per heavy atom. The van der Waals surface area contributed by atoms with Crippen molar-refractivity contribution in [2.45, 2.75) is 7.59 Å². The maximum absolute atomic E-state index is 5.80. The van der Waals surface area contributed by atoms with Crippen LogP contribution < -0.4 is 0 Å². The summed E-state index contributed by atoms with van der Waals surface area (Å²) in [5.41, 5.74) is 1.27. The number of nitrogens with zero attached hydrogens (tertiary/aromatic N) is 4. The smallest absolute Gasteiger partial charge is 0.268 e. The lowest BCUT2D eigenvalue weighted by Crippen LogP contribution is -1.99. The van der Waals surface area contributed by atoms with Crippen molar-refractivity contribution in [3.05, 3.63) is 48.2 Å². The van der Waals surface area contributed by atoms with Crippen molar-refractivity contribution < 1.29 is 8.83 Å². The third-order valence-electron chi connectivity index (χ3n) is 3.72. The summed E-state index contributed by atoms with van der Waals surface area (Å²) < 4.78 is 7.39. The Balaban J connectivity index is 1.86. The summed E-state index contributed by atoms with van der Waals surface area (Å²) in [6.45, 7) is 0. The van der Waals surface area contributed by atoms with E-state index in [-0.39, 0.29) is 23.6 Å². The SMILES string of the molecule is ClC(Cl)(Cl)c1nnc(-c2ccc(-c3nnc(C(Cl)(Cl)Cl)o3)c3ccccc23)o1. The van der Waals surface area contributed by atoms with Gasteiger partial charge in [0.15, 0.2) is 0 Å². The molecule has 2 aromatic carbocycles. The Labute approximate surface area is 187 Å². The highest BCUT2D eigenvalue weighted by atomic mass is 35.6. The second-order valence-corrected chi connectivity index (χ2v) is 10.1. The first-order chi connectivity index (χ1) is 13.1. The fourth-order valence-corrected chi connectivity index (χ4v) is 3.02. The van der Waals surface area contributed by atoms with Gasteiger partial charge in [-0.15, -0.1) is 20.4 Å². The number of hydrogen-bond acceptors (Lipinski definition) is 6. The molecule has 144 valence electrons. The predicted octanol–water partition coefficient (Wildman–Crippen LogP) is 6.59. The summed E-state index contributed by atoms with van der Waals surface area (Å²) in [6, 6.07) is 10.9. The summed E-state index contributed by atoms with van der Waals surface area (Å²) >= 11 is 34.8. The van der Waals surface area contributed by atoms with Crippen LogP contribution in [0.2, 0.25) is 0 Å². The lowest BCUT2D eigenvalue weighted by Gasteiger charge is -2.07. The van der Waals surface area contributed by atoms with E-state index in [1.54, 1.807) is 12.1 Å². The summed E-state index contributed by atoms with van der Waals surface area (Å²) in [4.78, 5) is 0. The molecule has 12 heteroatoms. The molecule has 0 fully saturated rings. The van der Waals surface area contributed by atoms with Gasteiger partial charge in [-0.25, -0.2) is 0 Å². The van der Waals surface area contributed by atoms with Crippen LogP contribution in [0, 0.1) is 0 Å². The molecule has 0 radical (unpaired) electrons. The van der Waals surface area contributed by atoms with Gasteiger partial charge >= 0.3 is 0 Å². The minimum atomic E-state index is -1.82. The molecule has 0 N–H and O–H groups in total. The Morgan fingerprint density at radius 2 is 0.964 bits per heavy atom. The fraction of sp³-hybridized carbons (Fsp3) is 0.125. The van der Waals surface area contributed by atoms with Gasteiger partial charge in [-0.2, -0.15) is 0 Å². The van der Waals surface area contributed by atoms with Crippen LogP contribution in [0.3, 0.4) is 0 Å². The van der Waals surface area contributed by atoms with Gasteiger partial charge in [0.1, 0.15) is 0 Å². The lowest BCUT2D eigenvalue weighted by molar-refractivity contribution is 0.513. The van der Waals surface area contributed by atoms with E-state index >= 15 is 0 Å². The molecule has 0 aliphatic carbocycles. The Morgan fingerprint density at radius 1 is 0.571 bits per heavy atom. The van der Waals surface area contributed by atoms with E-state index in [9.17, 15) is 0 Å². The second-order valence-electron chi connectivity index (χ2n) is 5.53. The van der Waals surface area contributed by atoms with Gasteiger partial charge in [-0.1, -0.05) is 93.9 Å². The molecule has 6 nitrogen and oxygen atoms in total. The molecule has 0 aliphatic heterocycles. The standard InChI is InChI=1S/C16H6Cl6N4O2/c17-15(18,19)13-25-23-11(27-13)9-5-6-10(8-4-2-1-3-7(8)9)12-24-26-14(28-12)16(20,21)22/h1-6H. The monoisotopic (exact) mass is 496 g/mol. The zero-order valence-electron chi connectivity index (χ0n) is 13.3. The van der Waals surface area contributed by atoms with E-state index in [1.165, 1.54) is 0 Å². The van der Waals surface area contributed by atoms with E-state index < -0.39 is 7.59 Å². The summed E-state index contributed by atoms with van der Waals surface area (Å²) in [5.74, 6) is 0.114. The van der Waals surface area contributed by atoms with Crippen LogP contribution >= 0.6 is 69.6 Å². The normalized spacial score (nSPS) is 12.6. The average Bonchev–Trinajstić information content (AvgIpc) is 3.30. The second kappa shape index (κ2) is 7.20. The maximum atomic E-state index is 5.80. The number of fused-ring (bicyclic) bond motifs is 1. The van der Waals surface area contributed by atoms with Crippen molar-refractivity contribution >= 4 is 80.4 Å². The highest BCUT2D eigenvalue weighted by Gasteiger charge is 2.32. The van der Waals surface area contributed by atoms with Crippen molar-refractivity contribution in [2.75, 3.05) is 0 Å². The fourth-order valence-electron chi connectivity index (χ4n) is 2.57. The first kappa shape index (κ1) is 20.0. The van der Waals surface area contributed by atoms with E-state index in [0.717, 1.165) is 10.8 Å². The van der Waals surface area contributed by atoms with E-state index in [4.69, 9.17) is 78.4 Å². The average molecular weight is 499 g/mol. The van der Waals surface area contributed by atoms with Crippen LogP contribution in [0.25, 0.3) is 33.7 Å². The molecule has 0 saturated heterocycles. The van der Waals surface area contributed by atoms with Gasteiger partial charge < -0.3 is 8.83 Å². The van der Waals surface area contributed by atoms with Crippen molar-refractivity contribution in [2.24, 2.45) is 0 Å². The van der Waals surface area contributed by atoms with Crippen LogP contribution in [0.15, 0.2) is 45.2 Å². The van der Waals surface area contributed by atoms with E-state index in [1.807, 2.05) is 24.3 Å². The van der Waals surface area contributed by atoms with E-state index in [0.29, 0.717) is 11.1 Å². The van der Waals surface area contributed by atoms with Gasteiger partial charge in [-0.3, -0.25) is 0 Å². The zero-order chi connectivity index (χ0) is 20.1. The zero-order valence-corrected chi connectivity index (χ0v) is 17.9. The molecule has 0 aliphatic rings. The number of alkyl halides is 6. The molecule has 0 bridgehead atoms. The van der Waals surface area contributed by atoms with Crippen molar-refractivity contribution in [1.82, 2.24) is 20.4 Å². The van der Waals surface area contributed by atoms with Gasteiger partial charge in [0.05, 0.1) is 0 Å². The van der Waals surface area contributed by atoms with Crippen molar-refractivity contribution in [3.8, 4) is 22.9 Å². The third kappa shape index (κ3) is 3.77. The molecular weight excluding hydrogens is 493 g/mol. The minimum absolute atomic E-state index is 0.134. The summed E-state index contributed by atoms with van der Waals surface area (Å²) in [6.07, 6.45) is 0. The molecule has 2 aromatic heterocycles. The van der Waals surface area contributed by atoms with E-state index in [2.05, 4.69) is 20.4 Å². The van der Waals surface area contributed by atoms with Gasteiger partial charge in [0.25, 0.3) is 19.4 Å². The van der Waals surface area contributed by atoms with Crippen LogP contribution in [-0.4, -0.2) is 20.4 Å². The number of rotatable bonds is 2. The predicted molar refractivity (Wildman–Crippen MR) is 109 cm³/mol. The van der Waals surface area contributed by atoms with Crippen LogP contribution in [0.4, 0.5) is 0 Å². The quantitative estimate of drug-likeness (QED) is 0.290. The molecule has 0 atom stereocenters. The molecule has 2 heterocycles. The van der Waals surface area contributed by atoms with Crippen LogP contribution in [-0.2, 0) is 7.59 Å². The molecule has 0 unspecified atom stereocenters. The highest BCUT2D eigenvalue weighted by Crippen LogP contribution is 2.41. The Kier molecular flexibility index (Phi) is 5.15.